The van der Waals surface area contributed by atoms with Gasteiger partial charge >= 0.3 is 0 Å². The third kappa shape index (κ3) is 4.56. The molecule has 0 heterocycles. The zero-order valence-corrected chi connectivity index (χ0v) is 10.6. The molecule has 0 aliphatic rings. The number of unbranched alkanes of at least 4 members (excludes halogenated alkanes) is 2. The highest BCUT2D eigenvalue weighted by molar-refractivity contribution is 5.82. The van der Waals surface area contributed by atoms with Crippen LogP contribution in [0.5, 0.6) is 0 Å². The Kier molecular flexibility index (Phi) is 5.89. The van der Waals surface area contributed by atoms with Gasteiger partial charge in [0.05, 0.1) is 6.07 Å². The Labute approximate surface area is 108 Å². The van der Waals surface area contributed by atoms with Crippen molar-refractivity contribution in [2.24, 2.45) is 5.73 Å². The van der Waals surface area contributed by atoms with E-state index >= 15 is 0 Å². The van der Waals surface area contributed by atoms with E-state index in [9.17, 15) is 4.79 Å². The third-order valence-electron chi connectivity index (χ3n) is 2.73. The van der Waals surface area contributed by atoms with E-state index in [1.54, 1.807) is 0 Å². The average molecular weight is 245 g/mol. The number of hydrogen-bond acceptors (Lipinski definition) is 3. The van der Waals surface area contributed by atoms with Crippen LogP contribution in [-0.4, -0.2) is 12.5 Å². The number of nitriles is 1. The number of aryl methyl sites for hydroxylation is 1. The maximum absolute atomic E-state index is 11.8. The fraction of sp³-hybridized carbons (Fsp3) is 0.429. The summed E-state index contributed by atoms with van der Waals surface area (Å²) < 4.78 is 0. The molecule has 1 rings (SSSR count). The summed E-state index contributed by atoms with van der Waals surface area (Å²) in [6, 6.07) is 9.07. The zero-order chi connectivity index (χ0) is 13.4. The Morgan fingerprint density at radius 2 is 2.06 bits per heavy atom. The summed E-state index contributed by atoms with van der Waals surface area (Å²) in [5.41, 5.74) is 7.82. The normalized spacial score (nSPS) is 11.6. The number of carbonyl (C=O) groups excluding carboxylic acids is 1. The topological polar surface area (TPSA) is 78.9 Å². The molecule has 0 aliphatic carbocycles. The molecular weight excluding hydrogens is 226 g/mol. The first-order chi connectivity index (χ1) is 8.65. The summed E-state index contributed by atoms with van der Waals surface area (Å²) in [6.45, 7) is 2.56. The molecule has 1 atom stereocenters. The van der Waals surface area contributed by atoms with E-state index in [0.717, 1.165) is 24.0 Å². The van der Waals surface area contributed by atoms with Crippen molar-refractivity contribution in [3.63, 3.8) is 0 Å². The summed E-state index contributed by atoms with van der Waals surface area (Å²) >= 11 is 0. The van der Waals surface area contributed by atoms with Gasteiger partial charge in [0.1, 0.15) is 6.04 Å². The van der Waals surface area contributed by atoms with E-state index in [1.807, 2.05) is 31.2 Å². The second kappa shape index (κ2) is 7.46. The summed E-state index contributed by atoms with van der Waals surface area (Å²) in [7, 11) is 0. The van der Waals surface area contributed by atoms with E-state index < -0.39 is 6.04 Å². The van der Waals surface area contributed by atoms with Crippen LogP contribution in [0.3, 0.4) is 0 Å². The minimum atomic E-state index is -0.624. The fourth-order valence-corrected chi connectivity index (χ4v) is 1.58. The Bertz CT molecular complexity index is 420. The number of nitrogens with zero attached hydrogens (tertiary/aromatic N) is 1. The molecule has 1 unspecified atom stereocenters. The summed E-state index contributed by atoms with van der Waals surface area (Å²) in [6.07, 6.45) is 2.14. The average Bonchev–Trinajstić information content (AvgIpc) is 2.38. The SMILES string of the molecule is Cc1ccc(C(N)C(=O)NCCCCC#N)cc1. The van der Waals surface area contributed by atoms with Gasteiger partial charge in [0.25, 0.3) is 0 Å². The lowest BCUT2D eigenvalue weighted by atomic mass is 10.1. The maximum Gasteiger partial charge on any atom is 0.241 e. The van der Waals surface area contributed by atoms with Gasteiger partial charge in [-0.15, -0.1) is 0 Å². The number of rotatable bonds is 6. The van der Waals surface area contributed by atoms with Crippen molar-refractivity contribution in [1.82, 2.24) is 5.32 Å². The Morgan fingerprint density at radius 1 is 1.39 bits per heavy atom. The number of benzene rings is 1. The van der Waals surface area contributed by atoms with Gasteiger partial charge < -0.3 is 11.1 Å². The molecule has 1 aromatic carbocycles. The highest BCUT2D eigenvalue weighted by Gasteiger charge is 2.14. The molecule has 0 bridgehead atoms. The van der Waals surface area contributed by atoms with Crippen molar-refractivity contribution in [2.75, 3.05) is 6.54 Å². The second-order valence-corrected chi connectivity index (χ2v) is 4.29. The van der Waals surface area contributed by atoms with E-state index in [1.165, 1.54) is 0 Å². The first-order valence-corrected chi connectivity index (χ1v) is 6.12. The molecule has 96 valence electrons. The standard InChI is InChI=1S/C14H19N3O/c1-11-5-7-12(8-6-11)13(16)14(18)17-10-4-2-3-9-15/h5-8,13H,2-4,10,16H2,1H3,(H,17,18). The van der Waals surface area contributed by atoms with Crippen LogP contribution in [0.15, 0.2) is 24.3 Å². The van der Waals surface area contributed by atoms with E-state index in [0.29, 0.717) is 13.0 Å². The summed E-state index contributed by atoms with van der Waals surface area (Å²) in [5, 5.41) is 11.2. The van der Waals surface area contributed by atoms with Crippen LogP contribution in [0.25, 0.3) is 0 Å². The quantitative estimate of drug-likeness (QED) is 0.750. The number of amides is 1. The monoisotopic (exact) mass is 245 g/mol. The molecule has 0 aromatic heterocycles. The predicted octanol–water partition coefficient (Wildman–Crippen LogP) is 1.80. The fourth-order valence-electron chi connectivity index (χ4n) is 1.58. The Morgan fingerprint density at radius 3 is 2.67 bits per heavy atom. The predicted molar refractivity (Wildman–Crippen MR) is 70.6 cm³/mol. The van der Waals surface area contributed by atoms with Gasteiger partial charge in [-0.1, -0.05) is 29.8 Å². The van der Waals surface area contributed by atoms with Crippen molar-refractivity contribution in [1.29, 1.82) is 5.26 Å². The summed E-state index contributed by atoms with van der Waals surface area (Å²) in [5.74, 6) is -0.171. The molecule has 0 saturated carbocycles. The molecule has 1 amide bonds. The minimum Gasteiger partial charge on any atom is -0.354 e. The van der Waals surface area contributed by atoms with Crippen LogP contribution in [0.4, 0.5) is 0 Å². The van der Waals surface area contributed by atoms with Gasteiger partial charge in [-0.3, -0.25) is 4.79 Å². The van der Waals surface area contributed by atoms with Crippen LogP contribution >= 0.6 is 0 Å². The first kappa shape index (κ1) is 14.2. The van der Waals surface area contributed by atoms with Crippen LogP contribution in [0.2, 0.25) is 0 Å². The van der Waals surface area contributed by atoms with Gasteiger partial charge in [-0.2, -0.15) is 5.26 Å². The number of carbonyl (C=O) groups is 1. The molecule has 4 nitrogen and oxygen atoms in total. The van der Waals surface area contributed by atoms with E-state index in [2.05, 4.69) is 11.4 Å². The zero-order valence-electron chi connectivity index (χ0n) is 10.6. The van der Waals surface area contributed by atoms with E-state index in [4.69, 9.17) is 11.0 Å². The van der Waals surface area contributed by atoms with Crippen molar-refractivity contribution < 1.29 is 4.79 Å². The van der Waals surface area contributed by atoms with Crippen molar-refractivity contribution in [3.05, 3.63) is 35.4 Å². The number of hydrogen-bond donors (Lipinski definition) is 2. The molecule has 0 radical (unpaired) electrons. The highest BCUT2D eigenvalue weighted by atomic mass is 16.2. The van der Waals surface area contributed by atoms with Gasteiger partial charge in [0, 0.05) is 13.0 Å². The van der Waals surface area contributed by atoms with Crippen LogP contribution in [0, 0.1) is 18.3 Å². The molecule has 4 heteroatoms. The minimum absolute atomic E-state index is 0.171. The Balaban J connectivity index is 2.37. The summed E-state index contributed by atoms with van der Waals surface area (Å²) in [4.78, 5) is 11.8. The largest absolute Gasteiger partial charge is 0.354 e. The lowest BCUT2D eigenvalue weighted by Gasteiger charge is -2.12. The molecule has 18 heavy (non-hydrogen) atoms. The van der Waals surface area contributed by atoms with Gasteiger partial charge in [0.2, 0.25) is 5.91 Å². The van der Waals surface area contributed by atoms with Crippen molar-refractivity contribution in [2.45, 2.75) is 32.2 Å². The second-order valence-electron chi connectivity index (χ2n) is 4.29. The first-order valence-electron chi connectivity index (χ1n) is 6.12. The van der Waals surface area contributed by atoms with Gasteiger partial charge in [0.15, 0.2) is 0 Å². The number of nitrogens with one attached hydrogen (secondary N) is 1. The molecule has 0 aliphatic heterocycles. The van der Waals surface area contributed by atoms with Crippen molar-refractivity contribution in [3.8, 4) is 6.07 Å². The molecule has 3 N–H and O–H groups in total. The maximum atomic E-state index is 11.8. The lowest BCUT2D eigenvalue weighted by Crippen LogP contribution is -2.34. The molecule has 0 saturated heterocycles. The van der Waals surface area contributed by atoms with Crippen molar-refractivity contribution >= 4 is 5.91 Å². The molecule has 0 spiro atoms. The third-order valence-corrected chi connectivity index (χ3v) is 2.73. The van der Waals surface area contributed by atoms with E-state index in [-0.39, 0.29) is 5.91 Å². The molecule has 0 fully saturated rings. The smallest absolute Gasteiger partial charge is 0.241 e. The Hall–Kier alpha value is -1.86. The number of nitrogens with two attached hydrogens (primary N) is 1. The molecular formula is C14H19N3O. The molecule has 1 aromatic rings. The highest BCUT2D eigenvalue weighted by Crippen LogP contribution is 2.11. The van der Waals surface area contributed by atoms with Crippen LogP contribution in [0.1, 0.15) is 36.4 Å². The van der Waals surface area contributed by atoms with Crippen LogP contribution < -0.4 is 11.1 Å². The van der Waals surface area contributed by atoms with Gasteiger partial charge in [-0.25, -0.2) is 0 Å². The van der Waals surface area contributed by atoms with Crippen LogP contribution in [-0.2, 0) is 4.79 Å². The van der Waals surface area contributed by atoms with Gasteiger partial charge in [-0.05, 0) is 25.3 Å². The lowest BCUT2D eigenvalue weighted by molar-refractivity contribution is -0.122.